The van der Waals surface area contributed by atoms with E-state index in [4.69, 9.17) is 4.98 Å². The molecule has 7 rings (SSSR count). The Hall–Kier alpha value is -4.43. The van der Waals surface area contributed by atoms with Gasteiger partial charge in [-0.05, 0) is 74.0 Å². The lowest BCUT2D eigenvalue weighted by Gasteiger charge is -2.26. The second kappa shape index (κ2) is 9.22. The van der Waals surface area contributed by atoms with Crippen molar-refractivity contribution in [1.82, 2.24) is 40.0 Å². The zero-order valence-electron chi connectivity index (χ0n) is 20.4. The van der Waals surface area contributed by atoms with Crippen LogP contribution in [0.2, 0.25) is 0 Å². The molecule has 6 aromatic heterocycles. The molecular formula is C29H26N8. The molecular weight excluding hydrogens is 460 g/mol. The standard InChI is InChI=1S/C29H26N8/c1-2-12-37(13-3-1)18-19-14-21(17-31-16-19)23-4-5-25-28(34-23)29(36-35-25)26-15-22-24(33-26)8-11-32-27(22)20-6-9-30-10-7-20/h4-11,14-17,33H,1-3,12-13,18H2,(H,35,36). The summed E-state index contributed by atoms with van der Waals surface area (Å²) in [5.41, 5.74) is 9.45. The first-order valence-electron chi connectivity index (χ1n) is 12.7. The number of aromatic amines is 2. The average Bonchev–Trinajstić information content (AvgIpc) is 3.58. The Morgan fingerprint density at radius 1 is 0.784 bits per heavy atom. The number of nitrogens with zero attached hydrogens (tertiary/aromatic N) is 6. The number of likely N-dealkylation sites (tertiary alicyclic amines) is 1. The quantitative estimate of drug-likeness (QED) is 0.329. The molecule has 0 unspecified atom stereocenters. The molecule has 0 aromatic carbocycles. The fraction of sp³-hybridized carbons (Fsp3) is 0.207. The molecule has 0 atom stereocenters. The largest absolute Gasteiger partial charge is 0.353 e. The van der Waals surface area contributed by atoms with Crippen LogP contribution in [0.5, 0.6) is 0 Å². The van der Waals surface area contributed by atoms with Crippen LogP contribution in [0, 0.1) is 0 Å². The van der Waals surface area contributed by atoms with Crippen LogP contribution in [0.1, 0.15) is 24.8 Å². The highest BCUT2D eigenvalue weighted by Crippen LogP contribution is 2.33. The Balaban J connectivity index is 1.26. The fourth-order valence-electron chi connectivity index (χ4n) is 5.26. The van der Waals surface area contributed by atoms with Crippen molar-refractivity contribution in [2.45, 2.75) is 25.8 Å². The highest BCUT2D eigenvalue weighted by Gasteiger charge is 2.17. The minimum absolute atomic E-state index is 0.783. The van der Waals surface area contributed by atoms with E-state index < -0.39 is 0 Å². The van der Waals surface area contributed by atoms with Gasteiger partial charge >= 0.3 is 0 Å². The molecule has 0 saturated carbocycles. The van der Waals surface area contributed by atoms with Gasteiger partial charge in [-0.3, -0.25) is 25.0 Å². The van der Waals surface area contributed by atoms with Crippen LogP contribution in [0.15, 0.2) is 73.4 Å². The summed E-state index contributed by atoms with van der Waals surface area (Å²) in [5, 5.41) is 8.80. The Morgan fingerprint density at radius 3 is 2.57 bits per heavy atom. The molecule has 0 amide bonds. The van der Waals surface area contributed by atoms with Crippen molar-refractivity contribution >= 4 is 21.9 Å². The Bertz CT molecular complexity index is 1700. The molecule has 1 fully saturated rings. The minimum atomic E-state index is 0.783. The normalized spacial score (nSPS) is 14.5. The van der Waals surface area contributed by atoms with Crippen molar-refractivity contribution in [2.24, 2.45) is 0 Å². The van der Waals surface area contributed by atoms with Crippen LogP contribution in [0.4, 0.5) is 0 Å². The maximum atomic E-state index is 5.03. The number of fused-ring (bicyclic) bond motifs is 2. The highest BCUT2D eigenvalue weighted by atomic mass is 15.1. The van der Waals surface area contributed by atoms with Gasteiger partial charge in [-0.25, -0.2) is 4.98 Å². The number of aromatic nitrogens is 7. The summed E-state index contributed by atoms with van der Waals surface area (Å²) >= 11 is 0. The van der Waals surface area contributed by atoms with Crippen molar-refractivity contribution in [3.05, 3.63) is 79.0 Å². The minimum Gasteiger partial charge on any atom is -0.353 e. The van der Waals surface area contributed by atoms with E-state index in [1.165, 1.54) is 24.8 Å². The van der Waals surface area contributed by atoms with Crippen LogP contribution >= 0.6 is 0 Å². The summed E-state index contributed by atoms with van der Waals surface area (Å²) in [7, 11) is 0. The van der Waals surface area contributed by atoms with Gasteiger partial charge in [0.1, 0.15) is 11.2 Å². The molecule has 0 spiro atoms. The topological polar surface area (TPSA) is 99.3 Å². The number of hydrogen-bond donors (Lipinski definition) is 2. The van der Waals surface area contributed by atoms with Gasteiger partial charge in [0.15, 0.2) is 0 Å². The van der Waals surface area contributed by atoms with Gasteiger partial charge in [-0.1, -0.05) is 6.42 Å². The van der Waals surface area contributed by atoms with Crippen molar-refractivity contribution < 1.29 is 0 Å². The lowest BCUT2D eigenvalue weighted by molar-refractivity contribution is 0.220. The van der Waals surface area contributed by atoms with Crippen molar-refractivity contribution in [2.75, 3.05) is 13.1 Å². The maximum absolute atomic E-state index is 5.03. The number of hydrogen-bond acceptors (Lipinski definition) is 6. The van der Waals surface area contributed by atoms with Crippen LogP contribution in [0.25, 0.3) is 55.8 Å². The van der Waals surface area contributed by atoms with Crippen molar-refractivity contribution in [1.29, 1.82) is 0 Å². The number of H-pyrrole nitrogens is 2. The van der Waals surface area contributed by atoms with Crippen LogP contribution in [0.3, 0.4) is 0 Å². The summed E-state index contributed by atoms with van der Waals surface area (Å²) in [4.78, 5) is 24.4. The predicted octanol–water partition coefficient (Wildman–Crippen LogP) is 5.61. The van der Waals surface area contributed by atoms with Crippen LogP contribution in [-0.4, -0.2) is 53.1 Å². The Kier molecular flexibility index (Phi) is 5.44. The fourth-order valence-corrected chi connectivity index (χ4v) is 5.26. The molecule has 7 heterocycles. The van der Waals surface area contributed by atoms with Crippen LogP contribution < -0.4 is 0 Å². The lowest BCUT2D eigenvalue weighted by atomic mass is 10.1. The molecule has 1 aliphatic rings. The van der Waals surface area contributed by atoms with E-state index in [0.29, 0.717) is 0 Å². The zero-order chi connectivity index (χ0) is 24.6. The van der Waals surface area contributed by atoms with Crippen LogP contribution in [-0.2, 0) is 6.54 Å². The summed E-state index contributed by atoms with van der Waals surface area (Å²) in [6, 6.07) is 14.3. The molecule has 0 radical (unpaired) electrons. The number of piperidine rings is 1. The van der Waals surface area contributed by atoms with Crippen molar-refractivity contribution in [3.8, 4) is 33.9 Å². The molecule has 8 heteroatoms. The van der Waals surface area contributed by atoms with Crippen molar-refractivity contribution in [3.63, 3.8) is 0 Å². The molecule has 0 bridgehead atoms. The van der Waals surface area contributed by atoms with E-state index in [0.717, 1.165) is 75.5 Å². The average molecular weight is 487 g/mol. The van der Waals surface area contributed by atoms with Gasteiger partial charge in [0.05, 0.1) is 22.6 Å². The van der Waals surface area contributed by atoms with E-state index in [1.54, 1.807) is 12.4 Å². The van der Waals surface area contributed by atoms with Gasteiger partial charge in [0, 0.05) is 59.6 Å². The first-order valence-corrected chi connectivity index (χ1v) is 12.7. The smallest absolute Gasteiger partial charge is 0.135 e. The Morgan fingerprint density at radius 2 is 1.68 bits per heavy atom. The molecule has 37 heavy (non-hydrogen) atoms. The third-order valence-corrected chi connectivity index (χ3v) is 7.11. The Labute approximate surface area is 213 Å². The third-order valence-electron chi connectivity index (χ3n) is 7.11. The van der Waals surface area contributed by atoms with E-state index >= 15 is 0 Å². The molecule has 182 valence electrons. The SMILES string of the molecule is c1cc(-c2nccc3[nH]c(-c4n[nH]c5ccc(-c6cncc(CN7CCCCC7)c6)nc45)cc23)ccn1. The molecule has 0 aliphatic carbocycles. The van der Waals surface area contributed by atoms with Gasteiger partial charge in [-0.2, -0.15) is 5.10 Å². The van der Waals surface area contributed by atoms with E-state index in [-0.39, 0.29) is 0 Å². The van der Waals surface area contributed by atoms with Gasteiger partial charge in [0.2, 0.25) is 0 Å². The number of pyridine rings is 4. The summed E-state index contributed by atoms with van der Waals surface area (Å²) < 4.78 is 0. The van der Waals surface area contributed by atoms with Gasteiger partial charge < -0.3 is 4.98 Å². The monoisotopic (exact) mass is 486 g/mol. The summed E-state index contributed by atoms with van der Waals surface area (Å²) in [6.45, 7) is 3.26. The van der Waals surface area contributed by atoms with E-state index in [2.05, 4.69) is 47.2 Å². The summed E-state index contributed by atoms with van der Waals surface area (Å²) in [5.74, 6) is 0. The van der Waals surface area contributed by atoms with E-state index in [1.807, 2.05) is 48.9 Å². The number of rotatable bonds is 5. The molecule has 6 aromatic rings. The maximum Gasteiger partial charge on any atom is 0.135 e. The molecule has 1 saturated heterocycles. The van der Waals surface area contributed by atoms with E-state index in [9.17, 15) is 0 Å². The van der Waals surface area contributed by atoms with Gasteiger partial charge in [0.25, 0.3) is 0 Å². The summed E-state index contributed by atoms with van der Waals surface area (Å²) in [6.07, 6.45) is 13.1. The zero-order valence-corrected chi connectivity index (χ0v) is 20.4. The first kappa shape index (κ1) is 21.8. The molecule has 2 N–H and O–H groups in total. The molecule has 8 nitrogen and oxygen atoms in total. The van der Waals surface area contributed by atoms with Gasteiger partial charge in [-0.15, -0.1) is 0 Å². The second-order valence-electron chi connectivity index (χ2n) is 9.62. The third kappa shape index (κ3) is 4.15. The lowest BCUT2D eigenvalue weighted by Crippen LogP contribution is -2.29. The number of nitrogens with one attached hydrogen (secondary N) is 2. The predicted molar refractivity (Wildman–Crippen MR) is 145 cm³/mol. The highest BCUT2D eigenvalue weighted by molar-refractivity contribution is 5.99. The second-order valence-corrected chi connectivity index (χ2v) is 9.62. The first-order chi connectivity index (χ1) is 18.3. The molecule has 1 aliphatic heterocycles.